The van der Waals surface area contributed by atoms with Crippen LogP contribution in [0.5, 0.6) is 5.75 Å². The van der Waals surface area contributed by atoms with E-state index in [0.29, 0.717) is 6.04 Å². The van der Waals surface area contributed by atoms with Gasteiger partial charge in [0.05, 0.1) is 13.7 Å². The Labute approximate surface area is 110 Å². The molecule has 0 aliphatic heterocycles. The van der Waals surface area contributed by atoms with Gasteiger partial charge in [0.2, 0.25) is 0 Å². The molecular formula is C15H25NO2. The summed E-state index contributed by atoms with van der Waals surface area (Å²) < 4.78 is 10.7. The molecule has 1 aromatic rings. The van der Waals surface area contributed by atoms with Crippen LogP contribution in [-0.4, -0.2) is 33.4 Å². The van der Waals surface area contributed by atoms with Crippen LogP contribution in [0.3, 0.4) is 0 Å². The third-order valence-electron chi connectivity index (χ3n) is 3.02. The predicted octanol–water partition coefficient (Wildman–Crippen LogP) is 2.64. The SMILES string of the molecule is CCCOCC(CCc1ccc(OC)cc1)NC. The minimum Gasteiger partial charge on any atom is -0.497 e. The minimum absolute atomic E-state index is 0.429. The van der Waals surface area contributed by atoms with Gasteiger partial charge in [-0.15, -0.1) is 0 Å². The fourth-order valence-corrected chi connectivity index (χ4v) is 1.81. The number of benzene rings is 1. The van der Waals surface area contributed by atoms with E-state index in [1.165, 1.54) is 5.56 Å². The lowest BCUT2D eigenvalue weighted by molar-refractivity contribution is 0.111. The zero-order valence-electron chi connectivity index (χ0n) is 11.7. The Morgan fingerprint density at radius 2 is 1.94 bits per heavy atom. The molecule has 0 amide bonds. The van der Waals surface area contributed by atoms with Crippen LogP contribution in [0, 0.1) is 0 Å². The maximum Gasteiger partial charge on any atom is 0.118 e. The fraction of sp³-hybridized carbons (Fsp3) is 0.600. The summed E-state index contributed by atoms with van der Waals surface area (Å²) in [7, 11) is 3.69. The lowest BCUT2D eigenvalue weighted by Gasteiger charge is -2.16. The number of likely N-dealkylation sites (N-methyl/N-ethyl adjacent to an activating group) is 1. The number of methoxy groups -OCH3 is 1. The first-order valence-electron chi connectivity index (χ1n) is 6.68. The van der Waals surface area contributed by atoms with Gasteiger partial charge in [-0.05, 0) is 44.0 Å². The standard InChI is InChI=1S/C15H25NO2/c1-4-11-18-12-14(16-2)8-5-13-6-9-15(17-3)10-7-13/h6-7,9-10,14,16H,4-5,8,11-12H2,1-3H3. The molecule has 0 aliphatic carbocycles. The first kappa shape index (κ1) is 15.0. The van der Waals surface area contributed by atoms with Gasteiger partial charge in [-0.25, -0.2) is 0 Å². The van der Waals surface area contributed by atoms with Gasteiger partial charge in [0, 0.05) is 12.6 Å². The molecule has 1 N–H and O–H groups in total. The van der Waals surface area contributed by atoms with Gasteiger partial charge in [-0.1, -0.05) is 19.1 Å². The second-order valence-electron chi connectivity index (χ2n) is 4.45. The average molecular weight is 251 g/mol. The van der Waals surface area contributed by atoms with Crippen molar-refractivity contribution in [2.24, 2.45) is 0 Å². The largest absolute Gasteiger partial charge is 0.497 e. The highest BCUT2D eigenvalue weighted by Gasteiger charge is 2.06. The summed E-state index contributed by atoms with van der Waals surface area (Å²) in [5.74, 6) is 0.912. The minimum atomic E-state index is 0.429. The Balaban J connectivity index is 2.32. The van der Waals surface area contributed by atoms with E-state index in [1.807, 2.05) is 19.2 Å². The van der Waals surface area contributed by atoms with Gasteiger partial charge in [-0.2, -0.15) is 0 Å². The summed E-state index contributed by atoms with van der Waals surface area (Å²) in [5, 5.41) is 3.30. The Bertz CT molecular complexity index is 311. The van der Waals surface area contributed by atoms with Crippen LogP contribution in [0.2, 0.25) is 0 Å². The topological polar surface area (TPSA) is 30.5 Å². The molecule has 0 aliphatic rings. The van der Waals surface area contributed by atoms with Crippen molar-refractivity contribution in [3.8, 4) is 5.75 Å². The summed E-state index contributed by atoms with van der Waals surface area (Å²) in [6, 6.07) is 8.70. The Hall–Kier alpha value is -1.06. The monoisotopic (exact) mass is 251 g/mol. The summed E-state index contributed by atoms with van der Waals surface area (Å²) in [6.07, 6.45) is 3.23. The van der Waals surface area contributed by atoms with Crippen LogP contribution in [0.15, 0.2) is 24.3 Å². The van der Waals surface area contributed by atoms with Gasteiger partial charge in [0.15, 0.2) is 0 Å². The van der Waals surface area contributed by atoms with E-state index in [1.54, 1.807) is 7.11 Å². The number of hydrogen-bond acceptors (Lipinski definition) is 3. The van der Waals surface area contributed by atoms with E-state index < -0.39 is 0 Å². The maximum absolute atomic E-state index is 5.58. The number of nitrogens with one attached hydrogen (secondary N) is 1. The van der Waals surface area contributed by atoms with Crippen molar-refractivity contribution >= 4 is 0 Å². The van der Waals surface area contributed by atoms with Crippen LogP contribution in [0.25, 0.3) is 0 Å². The highest BCUT2D eigenvalue weighted by atomic mass is 16.5. The molecule has 0 heterocycles. The number of rotatable bonds is 9. The molecule has 0 fully saturated rings. The zero-order valence-corrected chi connectivity index (χ0v) is 11.7. The molecule has 102 valence electrons. The number of hydrogen-bond donors (Lipinski definition) is 1. The smallest absolute Gasteiger partial charge is 0.118 e. The molecule has 0 saturated heterocycles. The van der Waals surface area contributed by atoms with Crippen molar-refractivity contribution in [2.45, 2.75) is 32.2 Å². The molecule has 0 aromatic heterocycles. The highest BCUT2D eigenvalue weighted by Crippen LogP contribution is 2.13. The molecule has 3 nitrogen and oxygen atoms in total. The van der Waals surface area contributed by atoms with Crippen molar-refractivity contribution in [3.05, 3.63) is 29.8 Å². The van der Waals surface area contributed by atoms with Gasteiger partial charge >= 0.3 is 0 Å². The van der Waals surface area contributed by atoms with Gasteiger partial charge < -0.3 is 14.8 Å². The van der Waals surface area contributed by atoms with E-state index in [-0.39, 0.29) is 0 Å². The predicted molar refractivity (Wildman–Crippen MR) is 75.3 cm³/mol. The molecule has 1 atom stereocenters. The first-order valence-corrected chi connectivity index (χ1v) is 6.68. The Kier molecular flexibility index (Phi) is 7.46. The van der Waals surface area contributed by atoms with Crippen molar-refractivity contribution in [1.29, 1.82) is 0 Å². The van der Waals surface area contributed by atoms with Crippen molar-refractivity contribution in [2.75, 3.05) is 27.4 Å². The lowest BCUT2D eigenvalue weighted by atomic mass is 10.1. The first-order chi connectivity index (χ1) is 8.80. The molecule has 1 rings (SSSR count). The second kappa shape index (κ2) is 8.95. The molecule has 0 radical (unpaired) electrons. The molecule has 0 spiro atoms. The zero-order chi connectivity index (χ0) is 13.2. The van der Waals surface area contributed by atoms with Gasteiger partial charge in [-0.3, -0.25) is 0 Å². The van der Waals surface area contributed by atoms with Crippen LogP contribution in [0.1, 0.15) is 25.3 Å². The van der Waals surface area contributed by atoms with Crippen molar-refractivity contribution < 1.29 is 9.47 Å². The Morgan fingerprint density at radius 3 is 2.50 bits per heavy atom. The highest BCUT2D eigenvalue weighted by molar-refractivity contribution is 5.27. The summed E-state index contributed by atoms with van der Waals surface area (Å²) >= 11 is 0. The van der Waals surface area contributed by atoms with Crippen LogP contribution >= 0.6 is 0 Å². The van der Waals surface area contributed by atoms with Crippen LogP contribution in [0.4, 0.5) is 0 Å². The normalized spacial score (nSPS) is 12.4. The summed E-state index contributed by atoms with van der Waals surface area (Å²) in [5.41, 5.74) is 1.34. The van der Waals surface area contributed by atoms with Crippen LogP contribution < -0.4 is 10.1 Å². The van der Waals surface area contributed by atoms with E-state index in [9.17, 15) is 0 Å². The molecule has 0 bridgehead atoms. The number of ether oxygens (including phenoxy) is 2. The van der Waals surface area contributed by atoms with Crippen molar-refractivity contribution in [3.63, 3.8) is 0 Å². The molecule has 0 saturated carbocycles. The molecule has 1 unspecified atom stereocenters. The maximum atomic E-state index is 5.58. The summed E-state index contributed by atoms with van der Waals surface area (Å²) in [6.45, 7) is 3.77. The van der Waals surface area contributed by atoms with E-state index in [0.717, 1.165) is 38.2 Å². The van der Waals surface area contributed by atoms with Crippen molar-refractivity contribution in [1.82, 2.24) is 5.32 Å². The summed E-state index contributed by atoms with van der Waals surface area (Å²) in [4.78, 5) is 0. The molecule has 3 heteroatoms. The number of aryl methyl sites for hydroxylation is 1. The lowest BCUT2D eigenvalue weighted by Crippen LogP contribution is -2.31. The fourth-order valence-electron chi connectivity index (χ4n) is 1.81. The third-order valence-corrected chi connectivity index (χ3v) is 3.02. The van der Waals surface area contributed by atoms with E-state index >= 15 is 0 Å². The van der Waals surface area contributed by atoms with Gasteiger partial charge in [0.1, 0.15) is 5.75 Å². The third kappa shape index (κ3) is 5.52. The quantitative estimate of drug-likeness (QED) is 0.684. The average Bonchev–Trinajstić information content (AvgIpc) is 2.43. The molecule has 18 heavy (non-hydrogen) atoms. The van der Waals surface area contributed by atoms with Crippen LogP contribution in [-0.2, 0) is 11.2 Å². The van der Waals surface area contributed by atoms with E-state index in [2.05, 4.69) is 24.4 Å². The van der Waals surface area contributed by atoms with Gasteiger partial charge in [0.25, 0.3) is 0 Å². The van der Waals surface area contributed by atoms with E-state index in [4.69, 9.17) is 9.47 Å². The second-order valence-corrected chi connectivity index (χ2v) is 4.45. The molecule has 1 aromatic carbocycles. The molecular weight excluding hydrogens is 226 g/mol. The Morgan fingerprint density at radius 1 is 1.22 bits per heavy atom.